The summed E-state index contributed by atoms with van der Waals surface area (Å²) in [6.45, 7) is 1.75. The predicted molar refractivity (Wildman–Crippen MR) is 68.6 cm³/mol. The normalized spacial score (nSPS) is 31.3. The third kappa shape index (κ3) is 3.19. The van der Waals surface area contributed by atoms with Crippen molar-refractivity contribution in [3.05, 3.63) is 0 Å². The molecule has 2 aliphatic rings. The van der Waals surface area contributed by atoms with E-state index in [-0.39, 0.29) is 5.91 Å². The first-order chi connectivity index (χ1) is 8.09. The van der Waals surface area contributed by atoms with Gasteiger partial charge in [0.15, 0.2) is 0 Å². The molecule has 98 valence electrons. The molecule has 0 saturated heterocycles. The van der Waals surface area contributed by atoms with E-state index in [4.69, 9.17) is 5.73 Å². The van der Waals surface area contributed by atoms with Gasteiger partial charge in [0.25, 0.3) is 0 Å². The Morgan fingerprint density at radius 3 is 2.53 bits per heavy atom. The van der Waals surface area contributed by atoms with Crippen LogP contribution in [-0.2, 0) is 4.79 Å². The van der Waals surface area contributed by atoms with Crippen LogP contribution in [0.3, 0.4) is 0 Å². The highest BCUT2D eigenvalue weighted by Crippen LogP contribution is 2.32. The number of nitrogens with zero attached hydrogens (tertiary/aromatic N) is 1. The Hall–Kier alpha value is -0.610. The summed E-state index contributed by atoms with van der Waals surface area (Å²) in [5.41, 5.74) is 5.62. The monoisotopic (exact) mass is 239 g/mol. The number of rotatable bonds is 4. The van der Waals surface area contributed by atoms with Gasteiger partial charge in [0.2, 0.25) is 5.91 Å². The van der Waals surface area contributed by atoms with Gasteiger partial charge in [0.05, 0.1) is 6.04 Å². The fourth-order valence-corrected chi connectivity index (χ4v) is 2.83. The van der Waals surface area contributed by atoms with Crippen molar-refractivity contribution in [1.82, 2.24) is 10.2 Å². The molecule has 2 saturated carbocycles. The molecule has 4 nitrogen and oxygen atoms in total. The first-order valence-corrected chi connectivity index (χ1v) is 6.87. The van der Waals surface area contributed by atoms with Crippen LogP contribution in [0.4, 0.5) is 0 Å². The van der Waals surface area contributed by atoms with Gasteiger partial charge in [0.1, 0.15) is 0 Å². The second-order valence-corrected chi connectivity index (χ2v) is 5.65. The molecule has 0 aromatic carbocycles. The Balaban J connectivity index is 1.93. The van der Waals surface area contributed by atoms with Crippen LogP contribution < -0.4 is 11.1 Å². The summed E-state index contributed by atoms with van der Waals surface area (Å²) in [5, 5.41) is 3.13. The second-order valence-electron chi connectivity index (χ2n) is 5.65. The Bertz CT molecular complexity index is 276. The summed E-state index contributed by atoms with van der Waals surface area (Å²) >= 11 is 0. The number of hydrogen-bond acceptors (Lipinski definition) is 3. The molecule has 2 rings (SSSR count). The number of amides is 1. The van der Waals surface area contributed by atoms with Gasteiger partial charge in [-0.1, -0.05) is 12.8 Å². The molecule has 3 atom stereocenters. The average Bonchev–Trinajstić information content (AvgIpc) is 3.12. The molecule has 3 N–H and O–H groups in total. The maximum absolute atomic E-state index is 11.7. The van der Waals surface area contributed by atoms with Gasteiger partial charge >= 0.3 is 0 Å². The van der Waals surface area contributed by atoms with Gasteiger partial charge in [-0.05, 0) is 39.7 Å². The zero-order valence-corrected chi connectivity index (χ0v) is 11.0. The lowest BCUT2D eigenvalue weighted by molar-refractivity contribution is -0.123. The van der Waals surface area contributed by atoms with Crippen LogP contribution in [0.25, 0.3) is 0 Å². The Morgan fingerprint density at radius 2 is 1.94 bits per heavy atom. The van der Waals surface area contributed by atoms with E-state index < -0.39 is 6.04 Å². The molecule has 0 heterocycles. The van der Waals surface area contributed by atoms with Crippen LogP contribution >= 0.6 is 0 Å². The molecule has 0 radical (unpaired) electrons. The van der Waals surface area contributed by atoms with Crippen LogP contribution in [0.15, 0.2) is 0 Å². The zero-order chi connectivity index (χ0) is 12.4. The predicted octanol–water partition coefficient (Wildman–Crippen LogP) is 0.855. The van der Waals surface area contributed by atoms with Gasteiger partial charge in [-0.25, -0.2) is 0 Å². The van der Waals surface area contributed by atoms with E-state index >= 15 is 0 Å². The smallest absolute Gasteiger partial charge is 0.236 e. The highest BCUT2D eigenvalue weighted by atomic mass is 16.2. The highest BCUT2D eigenvalue weighted by molar-refractivity contribution is 5.81. The second kappa shape index (κ2) is 5.36. The molecule has 1 amide bonds. The number of hydrogen-bond donors (Lipinski definition) is 2. The standard InChI is InChI=1S/C13H25N3O/c1-9(14)13(17)15-11-5-3-4-6-12(11)16(2)10-7-8-10/h9-12H,3-8,14H2,1-2H3,(H,15,17)/t9-,11-,12-/m0/s1. The van der Waals surface area contributed by atoms with Gasteiger partial charge in [0, 0.05) is 18.1 Å². The van der Waals surface area contributed by atoms with E-state index in [0.29, 0.717) is 12.1 Å². The summed E-state index contributed by atoms with van der Waals surface area (Å²) in [5.74, 6) is -0.00824. The highest BCUT2D eigenvalue weighted by Gasteiger charge is 2.36. The Kier molecular flexibility index (Phi) is 4.05. The lowest BCUT2D eigenvalue weighted by Gasteiger charge is -2.38. The van der Waals surface area contributed by atoms with Crippen molar-refractivity contribution in [2.24, 2.45) is 5.73 Å². The van der Waals surface area contributed by atoms with Crippen LogP contribution in [-0.4, -0.2) is 42.0 Å². The van der Waals surface area contributed by atoms with E-state index in [2.05, 4.69) is 17.3 Å². The number of likely N-dealkylation sites (N-methyl/N-ethyl adjacent to an activating group) is 1. The van der Waals surface area contributed by atoms with E-state index in [9.17, 15) is 4.79 Å². The molecular formula is C13H25N3O. The van der Waals surface area contributed by atoms with Crippen molar-refractivity contribution in [3.8, 4) is 0 Å². The van der Waals surface area contributed by atoms with Crippen molar-refractivity contribution < 1.29 is 4.79 Å². The topological polar surface area (TPSA) is 58.4 Å². The van der Waals surface area contributed by atoms with E-state index in [0.717, 1.165) is 12.5 Å². The SMILES string of the molecule is C[C@H](N)C(=O)N[C@H]1CCCC[C@@H]1N(C)C1CC1. The number of nitrogens with one attached hydrogen (secondary N) is 1. The minimum absolute atomic E-state index is 0.00824. The van der Waals surface area contributed by atoms with Gasteiger partial charge < -0.3 is 11.1 Å². The quantitative estimate of drug-likeness (QED) is 0.765. The van der Waals surface area contributed by atoms with Crippen LogP contribution in [0.2, 0.25) is 0 Å². The number of carbonyl (C=O) groups is 1. The van der Waals surface area contributed by atoms with Gasteiger partial charge in [-0.2, -0.15) is 0 Å². The molecule has 2 fully saturated rings. The average molecular weight is 239 g/mol. The van der Waals surface area contributed by atoms with Crippen LogP contribution in [0, 0.1) is 0 Å². The zero-order valence-electron chi connectivity index (χ0n) is 11.0. The van der Waals surface area contributed by atoms with Gasteiger partial charge in [-0.3, -0.25) is 9.69 Å². The van der Waals surface area contributed by atoms with Crippen molar-refractivity contribution in [3.63, 3.8) is 0 Å². The molecule has 17 heavy (non-hydrogen) atoms. The molecule has 0 aliphatic heterocycles. The molecule has 2 aliphatic carbocycles. The van der Waals surface area contributed by atoms with Crippen molar-refractivity contribution in [2.45, 2.75) is 69.6 Å². The maximum atomic E-state index is 11.7. The number of nitrogens with two attached hydrogens (primary N) is 1. The van der Waals surface area contributed by atoms with Crippen molar-refractivity contribution in [2.75, 3.05) is 7.05 Å². The summed E-state index contributed by atoms with van der Waals surface area (Å²) < 4.78 is 0. The molecule has 0 spiro atoms. The van der Waals surface area contributed by atoms with Crippen LogP contribution in [0.1, 0.15) is 45.4 Å². The molecule has 0 aromatic heterocycles. The Morgan fingerprint density at radius 1 is 1.29 bits per heavy atom. The molecule has 0 unspecified atom stereocenters. The fourth-order valence-electron chi connectivity index (χ4n) is 2.83. The van der Waals surface area contributed by atoms with E-state index in [1.807, 2.05) is 0 Å². The minimum Gasteiger partial charge on any atom is -0.350 e. The lowest BCUT2D eigenvalue weighted by Crippen LogP contribution is -2.55. The summed E-state index contributed by atoms with van der Waals surface area (Å²) in [7, 11) is 2.21. The Labute approximate surface area is 104 Å². The molecule has 0 aromatic rings. The van der Waals surface area contributed by atoms with Crippen molar-refractivity contribution >= 4 is 5.91 Å². The molecular weight excluding hydrogens is 214 g/mol. The fraction of sp³-hybridized carbons (Fsp3) is 0.923. The van der Waals surface area contributed by atoms with Crippen molar-refractivity contribution in [1.29, 1.82) is 0 Å². The van der Waals surface area contributed by atoms with E-state index in [1.165, 1.54) is 32.1 Å². The van der Waals surface area contributed by atoms with Gasteiger partial charge in [-0.15, -0.1) is 0 Å². The molecule has 0 bridgehead atoms. The maximum Gasteiger partial charge on any atom is 0.236 e. The van der Waals surface area contributed by atoms with E-state index in [1.54, 1.807) is 6.92 Å². The first-order valence-electron chi connectivity index (χ1n) is 6.87. The largest absolute Gasteiger partial charge is 0.350 e. The summed E-state index contributed by atoms with van der Waals surface area (Å²) in [6.07, 6.45) is 7.45. The summed E-state index contributed by atoms with van der Waals surface area (Å²) in [6, 6.07) is 1.17. The minimum atomic E-state index is -0.399. The summed E-state index contributed by atoms with van der Waals surface area (Å²) in [4.78, 5) is 14.2. The lowest BCUT2D eigenvalue weighted by atomic mass is 9.89. The molecule has 4 heteroatoms. The first kappa shape index (κ1) is 12.8. The third-order valence-electron chi connectivity index (χ3n) is 4.12. The number of carbonyl (C=O) groups excluding carboxylic acids is 1. The third-order valence-corrected chi connectivity index (χ3v) is 4.12. The van der Waals surface area contributed by atoms with Crippen LogP contribution in [0.5, 0.6) is 0 Å².